The fraction of sp³-hybridized carbons (Fsp3) is 0.292. The number of rotatable bonds is 7. The fourth-order valence-corrected chi connectivity index (χ4v) is 3.69. The number of nitrogens with zero attached hydrogens (tertiary/aromatic N) is 5. The number of H-pyrrole nitrogens is 1. The molecule has 1 amide bonds. The minimum absolute atomic E-state index is 0.304. The molecule has 3 heterocycles. The van der Waals surface area contributed by atoms with Crippen molar-refractivity contribution < 1.29 is 4.79 Å². The molecule has 0 fully saturated rings. The molecule has 3 N–H and O–H groups in total. The third kappa shape index (κ3) is 4.41. The summed E-state index contributed by atoms with van der Waals surface area (Å²) >= 11 is 0. The van der Waals surface area contributed by atoms with Crippen LogP contribution in [0.15, 0.2) is 46.2 Å². The standard InChI is InChI=1S/C24H25N7O3/c1-3-10-30-22-19(23(33)31(11-4-2)24(30)34)27-21(28-22)18-14-26-29(15-18)12-6-8-16-7-5-9-17(13-16)20(25)32/h5,7,9,13-15H,3-4,10-12H2,1-2H3,(H2,25,32)(H,27,28). The van der Waals surface area contributed by atoms with E-state index in [0.29, 0.717) is 59.7 Å². The second kappa shape index (κ2) is 9.62. The molecule has 0 bridgehead atoms. The number of nitrogens with two attached hydrogens (primary N) is 1. The number of benzene rings is 1. The number of aryl methyl sites for hydroxylation is 1. The van der Waals surface area contributed by atoms with Crippen LogP contribution in [0.1, 0.15) is 42.6 Å². The molecule has 0 saturated carbocycles. The molecular formula is C24H25N7O3. The average molecular weight is 460 g/mol. The van der Waals surface area contributed by atoms with Gasteiger partial charge < -0.3 is 10.7 Å². The summed E-state index contributed by atoms with van der Waals surface area (Å²) in [5, 5.41) is 4.31. The van der Waals surface area contributed by atoms with E-state index < -0.39 is 5.91 Å². The van der Waals surface area contributed by atoms with Crippen LogP contribution in [0, 0.1) is 11.8 Å². The Morgan fingerprint density at radius 1 is 1.15 bits per heavy atom. The van der Waals surface area contributed by atoms with Gasteiger partial charge in [-0.15, -0.1) is 0 Å². The number of nitrogens with one attached hydrogen (secondary N) is 1. The molecule has 10 heteroatoms. The Kier molecular flexibility index (Phi) is 6.45. The second-order valence-electron chi connectivity index (χ2n) is 7.85. The number of hydrogen-bond acceptors (Lipinski definition) is 5. The van der Waals surface area contributed by atoms with Crippen molar-refractivity contribution in [2.24, 2.45) is 5.73 Å². The van der Waals surface area contributed by atoms with E-state index >= 15 is 0 Å². The van der Waals surface area contributed by atoms with Gasteiger partial charge in [0, 0.05) is 30.4 Å². The number of aromatic nitrogens is 6. The zero-order chi connectivity index (χ0) is 24.2. The van der Waals surface area contributed by atoms with Crippen LogP contribution in [0.5, 0.6) is 0 Å². The van der Waals surface area contributed by atoms with Crippen LogP contribution in [0.25, 0.3) is 22.6 Å². The molecule has 3 aromatic heterocycles. The molecule has 174 valence electrons. The van der Waals surface area contributed by atoms with Crippen LogP contribution in [0.2, 0.25) is 0 Å². The Bertz CT molecular complexity index is 1540. The highest BCUT2D eigenvalue weighted by molar-refractivity contribution is 5.93. The maximum atomic E-state index is 12.9. The first kappa shape index (κ1) is 22.8. The Hall–Kier alpha value is -4.39. The van der Waals surface area contributed by atoms with Gasteiger partial charge in [0.15, 0.2) is 5.65 Å². The zero-order valence-corrected chi connectivity index (χ0v) is 19.0. The number of carbonyl (C=O) groups excluding carboxylic acids is 1. The summed E-state index contributed by atoms with van der Waals surface area (Å²) in [7, 11) is 0. The van der Waals surface area contributed by atoms with Gasteiger partial charge in [0.2, 0.25) is 5.91 Å². The molecule has 0 saturated heterocycles. The quantitative estimate of drug-likeness (QED) is 0.406. The Morgan fingerprint density at radius 3 is 2.65 bits per heavy atom. The number of fused-ring (bicyclic) bond motifs is 1. The summed E-state index contributed by atoms with van der Waals surface area (Å²) in [5.74, 6) is 5.95. The van der Waals surface area contributed by atoms with E-state index in [1.807, 2.05) is 13.8 Å². The van der Waals surface area contributed by atoms with Crippen molar-refractivity contribution in [1.82, 2.24) is 28.9 Å². The average Bonchev–Trinajstić information content (AvgIpc) is 3.47. The molecule has 1 aromatic carbocycles. The largest absolute Gasteiger partial charge is 0.366 e. The van der Waals surface area contributed by atoms with E-state index in [4.69, 9.17) is 5.73 Å². The summed E-state index contributed by atoms with van der Waals surface area (Å²) in [6.07, 6.45) is 4.80. The highest BCUT2D eigenvalue weighted by Crippen LogP contribution is 2.18. The fourth-order valence-electron chi connectivity index (χ4n) is 3.69. The van der Waals surface area contributed by atoms with Crippen molar-refractivity contribution in [3.05, 3.63) is 68.6 Å². The van der Waals surface area contributed by atoms with Gasteiger partial charge in [-0.2, -0.15) is 5.10 Å². The van der Waals surface area contributed by atoms with Gasteiger partial charge in [0.25, 0.3) is 5.56 Å². The predicted molar refractivity (Wildman–Crippen MR) is 128 cm³/mol. The van der Waals surface area contributed by atoms with Gasteiger partial charge in [-0.25, -0.2) is 9.78 Å². The third-order valence-corrected chi connectivity index (χ3v) is 5.28. The van der Waals surface area contributed by atoms with E-state index in [-0.39, 0.29) is 11.2 Å². The monoisotopic (exact) mass is 459 g/mol. The molecule has 0 radical (unpaired) electrons. The molecule has 0 aliphatic rings. The molecular weight excluding hydrogens is 434 g/mol. The molecule has 4 rings (SSSR count). The van der Waals surface area contributed by atoms with E-state index in [1.54, 1.807) is 45.9 Å². The van der Waals surface area contributed by atoms with Crippen LogP contribution in [0.3, 0.4) is 0 Å². The third-order valence-electron chi connectivity index (χ3n) is 5.28. The lowest BCUT2D eigenvalue weighted by molar-refractivity contribution is 0.1000. The van der Waals surface area contributed by atoms with E-state index in [1.165, 1.54) is 4.57 Å². The number of primary amides is 1. The molecule has 0 unspecified atom stereocenters. The first-order valence-electron chi connectivity index (χ1n) is 11.1. The number of aromatic amines is 1. The molecule has 34 heavy (non-hydrogen) atoms. The highest BCUT2D eigenvalue weighted by atomic mass is 16.2. The normalized spacial score (nSPS) is 10.9. The molecule has 0 atom stereocenters. The predicted octanol–water partition coefficient (Wildman–Crippen LogP) is 1.72. The summed E-state index contributed by atoms with van der Waals surface area (Å²) in [5.41, 5.74) is 7.00. The van der Waals surface area contributed by atoms with Crippen molar-refractivity contribution in [3.8, 4) is 23.2 Å². The van der Waals surface area contributed by atoms with E-state index in [9.17, 15) is 14.4 Å². The topological polar surface area (TPSA) is 134 Å². The lowest BCUT2D eigenvalue weighted by Crippen LogP contribution is -2.40. The minimum atomic E-state index is -0.503. The van der Waals surface area contributed by atoms with Crippen molar-refractivity contribution in [2.45, 2.75) is 46.3 Å². The van der Waals surface area contributed by atoms with Gasteiger partial charge in [-0.3, -0.25) is 23.4 Å². The Labute approximate surface area is 195 Å². The molecule has 0 aliphatic carbocycles. The summed E-state index contributed by atoms with van der Waals surface area (Å²) in [6.45, 7) is 5.02. The van der Waals surface area contributed by atoms with Crippen molar-refractivity contribution in [2.75, 3.05) is 0 Å². The van der Waals surface area contributed by atoms with Gasteiger partial charge in [-0.05, 0) is 31.0 Å². The molecule has 0 spiro atoms. The lowest BCUT2D eigenvalue weighted by atomic mass is 10.1. The number of imidazole rings is 1. The zero-order valence-electron chi connectivity index (χ0n) is 19.0. The Morgan fingerprint density at radius 2 is 1.91 bits per heavy atom. The van der Waals surface area contributed by atoms with Crippen LogP contribution in [-0.2, 0) is 19.6 Å². The summed E-state index contributed by atoms with van der Waals surface area (Å²) < 4.78 is 4.44. The van der Waals surface area contributed by atoms with Gasteiger partial charge >= 0.3 is 5.69 Å². The SMILES string of the molecule is CCCn1c(=O)c2[nH]c(-c3cnn(CC#Cc4cccc(C(N)=O)c4)c3)nc2n(CCC)c1=O. The first-order chi connectivity index (χ1) is 16.4. The van der Waals surface area contributed by atoms with Crippen LogP contribution >= 0.6 is 0 Å². The van der Waals surface area contributed by atoms with Crippen molar-refractivity contribution in [3.63, 3.8) is 0 Å². The first-order valence-corrected chi connectivity index (χ1v) is 11.1. The maximum absolute atomic E-state index is 12.9. The minimum Gasteiger partial charge on any atom is -0.366 e. The summed E-state index contributed by atoms with van der Waals surface area (Å²) in [6, 6.07) is 6.80. The lowest BCUT2D eigenvalue weighted by Gasteiger charge is -2.09. The number of amides is 1. The molecule has 4 aromatic rings. The van der Waals surface area contributed by atoms with Gasteiger partial charge in [0.05, 0.1) is 11.8 Å². The van der Waals surface area contributed by atoms with E-state index in [0.717, 1.165) is 6.42 Å². The van der Waals surface area contributed by atoms with Crippen molar-refractivity contribution in [1.29, 1.82) is 0 Å². The molecule has 0 aliphatic heterocycles. The van der Waals surface area contributed by atoms with Crippen LogP contribution < -0.4 is 17.0 Å². The number of hydrogen-bond donors (Lipinski definition) is 2. The number of carbonyl (C=O) groups is 1. The van der Waals surface area contributed by atoms with Gasteiger partial charge in [-0.1, -0.05) is 31.8 Å². The van der Waals surface area contributed by atoms with Crippen LogP contribution in [0.4, 0.5) is 0 Å². The highest BCUT2D eigenvalue weighted by Gasteiger charge is 2.18. The maximum Gasteiger partial charge on any atom is 0.332 e. The molecule has 10 nitrogen and oxygen atoms in total. The smallest absolute Gasteiger partial charge is 0.332 e. The van der Waals surface area contributed by atoms with Crippen molar-refractivity contribution >= 4 is 17.1 Å². The summed E-state index contributed by atoms with van der Waals surface area (Å²) in [4.78, 5) is 44.7. The Balaban J connectivity index is 1.64. The second-order valence-corrected chi connectivity index (χ2v) is 7.85. The van der Waals surface area contributed by atoms with Crippen LogP contribution in [-0.4, -0.2) is 34.8 Å². The van der Waals surface area contributed by atoms with Gasteiger partial charge in [0.1, 0.15) is 17.9 Å². The van der Waals surface area contributed by atoms with E-state index in [2.05, 4.69) is 26.9 Å².